The predicted molar refractivity (Wildman–Crippen MR) is 97.7 cm³/mol. The number of rotatable bonds is 5. The molecule has 3 N–H and O–H groups in total. The number of benzene rings is 3. The molecule has 3 aromatic rings. The van der Waals surface area contributed by atoms with Crippen molar-refractivity contribution in [1.82, 2.24) is 0 Å². The third kappa shape index (κ3) is 4.55. The fourth-order valence-corrected chi connectivity index (χ4v) is 2.26. The van der Waals surface area contributed by atoms with Gasteiger partial charge in [0.15, 0.2) is 5.75 Å². The Morgan fingerprint density at radius 2 is 1.41 bits per heavy atom. The quantitative estimate of drug-likeness (QED) is 0.575. The normalized spacial score (nSPS) is 10.1. The Kier molecular flexibility index (Phi) is 5.22. The van der Waals surface area contributed by atoms with Gasteiger partial charge in [-0.15, -0.1) is 0 Å². The Balaban J connectivity index is 1.63. The van der Waals surface area contributed by atoms with E-state index in [2.05, 4.69) is 5.32 Å². The number of carbonyl (C=O) groups is 2. The van der Waals surface area contributed by atoms with Gasteiger partial charge in [0.2, 0.25) is 0 Å². The van der Waals surface area contributed by atoms with E-state index >= 15 is 0 Å². The number of anilines is 1. The number of ether oxygens (including phenoxy) is 2. The number of aromatic hydroxyl groups is 1. The third-order valence-electron chi connectivity index (χ3n) is 3.52. The number of carbonyl (C=O) groups excluding carboxylic acids is 1. The molecule has 27 heavy (non-hydrogen) atoms. The first-order valence-corrected chi connectivity index (χ1v) is 7.90. The highest BCUT2D eigenvalue weighted by Gasteiger charge is 2.15. The van der Waals surface area contributed by atoms with E-state index in [4.69, 9.17) is 14.6 Å². The number of amides is 1. The van der Waals surface area contributed by atoms with Crippen molar-refractivity contribution in [2.45, 2.75) is 0 Å². The first-order valence-electron chi connectivity index (χ1n) is 7.90. The maximum absolute atomic E-state index is 12.0. The van der Waals surface area contributed by atoms with Crippen molar-refractivity contribution in [2.24, 2.45) is 0 Å². The van der Waals surface area contributed by atoms with Gasteiger partial charge in [-0.05, 0) is 48.5 Å². The summed E-state index contributed by atoms with van der Waals surface area (Å²) in [6.07, 6.45) is -0.871. The molecule has 3 rings (SSSR count). The number of carboxylic acids is 1. The fraction of sp³-hybridized carbons (Fsp3) is 0. The second-order valence-corrected chi connectivity index (χ2v) is 5.41. The minimum Gasteiger partial charge on any atom is -0.505 e. The topological polar surface area (TPSA) is 105 Å². The van der Waals surface area contributed by atoms with Crippen LogP contribution in [0.2, 0.25) is 0 Å². The Labute approximate surface area is 154 Å². The molecular formula is C20H15NO6. The second-order valence-electron chi connectivity index (χ2n) is 5.41. The Hall–Kier alpha value is -4.00. The van der Waals surface area contributed by atoms with E-state index in [1.165, 1.54) is 18.2 Å². The van der Waals surface area contributed by atoms with Crippen molar-refractivity contribution in [2.75, 3.05) is 5.32 Å². The molecule has 7 nitrogen and oxygen atoms in total. The molecule has 0 aliphatic carbocycles. The van der Waals surface area contributed by atoms with Crippen LogP contribution in [0.15, 0.2) is 72.8 Å². The molecule has 0 fully saturated rings. The summed E-state index contributed by atoms with van der Waals surface area (Å²) in [7, 11) is 0. The van der Waals surface area contributed by atoms with Crippen LogP contribution in [-0.4, -0.2) is 22.3 Å². The zero-order chi connectivity index (χ0) is 19.2. The van der Waals surface area contributed by atoms with Gasteiger partial charge in [-0.3, -0.25) is 5.32 Å². The van der Waals surface area contributed by atoms with Crippen LogP contribution in [0.4, 0.5) is 10.5 Å². The van der Waals surface area contributed by atoms with Crippen molar-refractivity contribution < 1.29 is 29.3 Å². The lowest BCUT2D eigenvalue weighted by Gasteiger charge is -2.10. The van der Waals surface area contributed by atoms with Gasteiger partial charge in [-0.2, -0.15) is 0 Å². The molecule has 0 atom stereocenters. The lowest BCUT2D eigenvalue weighted by Crippen LogP contribution is -2.17. The van der Waals surface area contributed by atoms with Gasteiger partial charge >= 0.3 is 12.1 Å². The van der Waals surface area contributed by atoms with E-state index in [1.807, 2.05) is 30.3 Å². The van der Waals surface area contributed by atoms with Crippen LogP contribution in [0.3, 0.4) is 0 Å². The van der Waals surface area contributed by atoms with Gasteiger partial charge in [0.25, 0.3) is 0 Å². The van der Waals surface area contributed by atoms with Gasteiger partial charge in [-0.1, -0.05) is 24.3 Å². The summed E-state index contributed by atoms with van der Waals surface area (Å²) in [5, 5.41) is 21.2. The van der Waals surface area contributed by atoms with E-state index in [-0.39, 0.29) is 17.0 Å². The van der Waals surface area contributed by atoms with Crippen molar-refractivity contribution in [1.29, 1.82) is 0 Å². The largest absolute Gasteiger partial charge is 0.505 e. The average molecular weight is 365 g/mol. The van der Waals surface area contributed by atoms with Gasteiger partial charge in [0, 0.05) is 0 Å². The van der Waals surface area contributed by atoms with Crippen molar-refractivity contribution >= 4 is 17.7 Å². The monoisotopic (exact) mass is 365 g/mol. The molecule has 0 aliphatic heterocycles. The van der Waals surface area contributed by atoms with Gasteiger partial charge in [0.1, 0.15) is 22.8 Å². The summed E-state index contributed by atoms with van der Waals surface area (Å²) < 4.78 is 10.8. The first kappa shape index (κ1) is 17.8. The Morgan fingerprint density at radius 1 is 0.778 bits per heavy atom. The highest BCUT2D eigenvalue weighted by atomic mass is 16.6. The summed E-state index contributed by atoms with van der Waals surface area (Å²) in [6.45, 7) is 0. The molecule has 0 bridgehead atoms. The van der Waals surface area contributed by atoms with Gasteiger partial charge < -0.3 is 19.7 Å². The van der Waals surface area contributed by atoms with E-state index in [9.17, 15) is 14.7 Å². The number of carboxylic acid groups (broad SMARTS) is 1. The number of nitrogens with one attached hydrogen (secondary N) is 1. The van der Waals surface area contributed by atoms with Crippen LogP contribution in [0, 0.1) is 0 Å². The lowest BCUT2D eigenvalue weighted by molar-refractivity contribution is 0.0693. The van der Waals surface area contributed by atoms with Gasteiger partial charge in [0.05, 0.1) is 5.69 Å². The highest BCUT2D eigenvalue weighted by molar-refractivity contribution is 5.96. The molecule has 0 radical (unpaired) electrons. The van der Waals surface area contributed by atoms with Crippen molar-refractivity contribution in [3.05, 3.63) is 78.4 Å². The summed E-state index contributed by atoms with van der Waals surface area (Å²) in [4.78, 5) is 23.0. The molecule has 1 amide bonds. The van der Waals surface area contributed by atoms with Crippen LogP contribution in [0.5, 0.6) is 23.0 Å². The molecule has 0 saturated carbocycles. The number of phenols is 1. The fourth-order valence-electron chi connectivity index (χ4n) is 2.26. The Bertz CT molecular complexity index is 954. The molecule has 3 aromatic carbocycles. The predicted octanol–water partition coefficient (Wildman–Crippen LogP) is 4.49. The van der Waals surface area contributed by atoms with E-state index in [0.29, 0.717) is 11.5 Å². The molecule has 7 heteroatoms. The average Bonchev–Trinajstić information content (AvgIpc) is 2.65. The van der Waals surface area contributed by atoms with E-state index in [0.717, 1.165) is 0 Å². The van der Waals surface area contributed by atoms with Crippen LogP contribution >= 0.6 is 0 Å². The molecule has 0 spiro atoms. The molecule has 0 saturated heterocycles. The van der Waals surface area contributed by atoms with Crippen LogP contribution in [0.1, 0.15) is 10.4 Å². The van der Waals surface area contributed by atoms with E-state index in [1.54, 1.807) is 24.3 Å². The van der Waals surface area contributed by atoms with Crippen LogP contribution in [0.25, 0.3) is 0 Å². The minimum atomic E-state index is -1.31. The number of hydrogen-bond donors (Lipinski definition) is 3. The van der Waals surface area contributed by atoms with Crippen molar-refractivity contribution in [3.63, 3.8) is 0 Å². The summed E-state index contributed by atoms with van der Waals surface area (Å²) >= 11 is 0. The van der Waals surface area contributed by atoms with Crippen LogP contribution < -0.4 is 14.8 Å². The van der Waals surface area contributed by atoms with E-state index < -0.39 is 17.8 Å². The zero-order valence-corrected chi connectivity index (χ0v) is 14.0. The Morgan fingerprint density at radius 3 is 2.07 bits per heavy atom. The SMILES string of the molecule is O=C(Nc1cccc(C(=O)O)c1O)Oc1ccc(Oc2ccccc2)cc1. The standard InChI is InChI=1S/C20H15NO6/c22-18-16(19(23)24)7-4-8-17(18)21-20(25)27-15-11-9-14(10-12-15)26-13-5-2-1-3-6-13/h1-12,22H,(H,21,25)(H,23,24). The summed E-state index contributed by atoms with van der Waals surface area (Å²) in [6, 6.07) is 19.6. The second kappa shape index (κ2) is 7.92. The molecule has 0 aromatic heterocycles. The number of para-hydroxylation sites is 2. The molecule has 136 valence electrons. The number of hydrogen-bond acceptors (Lipinski definition) is 5. The molecule has 0 unspecified atom stereocenters. The maximum atomic E-state index is 12.0. The lowest BCUT2D eigenvalue weighted by atomic mass is 10.2. The van der Waals surface area contributed by atoms with Crippen LogP contribution in [-0.2, 0) is 0 Å². The first-order chi connectivity index (χ1) is 13.0. The molecule has 0 heterocycles. The smallest absolute Gasteiger partial charge is 0.417 e. The third-order valence-corrected chi connectivity index (χ3v) is 3.52. The van der Waals surface area contributed by atoms with Crippen molar-refractivity contribution in [3.8, 4) is 23.0 Å². The zero-order valence-electron chi connectivity index (χ0n) is 14.0. The summed E-state index contributed by atoms with van der Waals surface area (Å²) in [5.41, 5.74) is -0.390. The molecular weight excluding hydrogens is 350 g/mol. The molecule has 0 aliphatic rings. The van der Waals surface area contributed by atoms with Gasteiger partial charge in [-0.25, -0.2) is 9.59 Å². The maximum Gasteiger partial charge on any atom is 0.417 e. The highest BCUT2D eigenvalue weighted by Crippen LogP contribution is 2.28. The summed E-state index contributed by atoms with van der Waals surface area (Å²) in [5.74, 6) is -0.354. The number of aromatic carboxylic acids is 1. The minimum absolute atomic E-state index is 0.0658.